The van der Waals surface area contributed by atoms with Crippen molar-refractivity contribution in [2.45, 2.75) is 13.8 Å². The molecular weight excluding hydrogens is 303 g/mol. The lowest BCUT2D eigenvalue weighted by Gasteiger charge is -2.11. The molecule has 0 nitrogen and oxygen atoms in total. The standard InChI is InChI=1S/C14H10BrClF/c1-8-4-3-5-10(9(8)2)11-6-7-12(15)13(16)14(11)17/h3-6H,1-2H3. The van der Waals surface area contributed by atoms with Crippen molar-refractivity contribution in [1.29, 1.82) is 0 Å². The van der Waals surface area contributed by atoms with Crippen molar-refractivity contribution in [2.75, 3.05) is 0 Å². The maximum atomic E-state index is 14.1. The number of benzene rings is 2. The van der Waals surface area contributed by atoms with Crippen molar-refractivity contribution in [3.8, 4) is 11.1 Å². The van der Waals surface area contributed by atoms with Gasteiger partial charge in [0.1, 0.15) is 0 Å². The Labute approximate surface area is 114 Å². The third kappa shape index (κ3) is 2.24. The van der Waals surface area contributed by atoms with E-state index in [1.165, 1.54) is 0 Å². The molecule has 0 aromatic heterocycles. The molecule has 0 heterocycles. The topological polar surface area (TPSA) is 0 Å². The zero-order chi connectivity index (χ0) is 12.6. The first-order valence-corrected chi connectivity index (χ1v) is 6.31. The van der Waals surface area contributed by atoms with Gasteiger partial charge in [0.25, 0.3) is 0 Å². The van der Waals surface area contributed by atoms with Gasteiger partial charge in [0.2, 0.25) is 0 Å². The monoisotopic (exact) mass is 311 g/mol. The van der Waals surface area contributed by atoms with Gasteiger partial charge in [0.05, 0.1) is 5.02 Å². The first-order valence-electron chi connectivity index (χ1n) is 5.14. The van der Waals surface area contributed by atoms with Crippen molar-refractivity contribution in [2.24, 2.45) is 0 Å². The second kappa shape index (κ2) is 4.79. The summed E-state index contributed by atoms with van der Waals surface area (Å²) in [4.78, 5) is 0. The summed E-state index contributed by atoms with van der Waals surface area (Å²) in [6.07, 6.45) is 0. The molecule has 0 bridgehead atoms. The smallest absolute Gasteiger partial charge is 0.150 e. The second-order valence-corrected chi connectivity index (χ2v) is 5.06. The number of hydrogen-bond acceptors (Lipinski definition) is 0. The molecule has 0 amide bonds. The summed E-state index contributed by atoms with van der Waals surface area (Å²) < 4.78 is 14.5. The van der Waals surface area contributed by atoms with Gasteiger partial charge in [0, 0.05) is 10.0 Å². The molecule has 0 fully saturated rings. The Hall–Kier alpha value is -0.860. The molecule has 2 rings (SSSR count). The van der Waals surface area contributed by atoms with Crippen LogP contribution in [0, 0.1) is 25.7 Å². The summed E-state index contributed by atoms with van der Waals surface area (Å²) >= 11 is 9.03. The molecule has 2 aromatic carbocycles. The number of aryl methyl sites for hydroxylation is 1. The summed E-state index contributed by atoms with van der Waals surface area (Å²) in [5, 5.41) is 0.0726. The van der Waals surface area contributed by atoms with Crippen LogP contribution in [-0.2, 0) is 0 Å². The van der Waals surface area contributed by atoms with E-state index in [1.54, 1.807) is 6.07 Å². The van der Waals surface area contributed by atoms with Crippen molar-refractivity contribution >= 4 is 27.5 Å². The minimum Gasteiger partial charge on any atom is -0.205 e. The van der Waals surface area contributed by atoms with Gasteiger partial charge >= 0.3 is 0 Å². The fourth-order valence-corrected chi connectivity index (χ4v) is 2.16. The average molecular weight is 313 g/mol. The molecule has 17 heavy (non-hydrogen) atoms. The van der Waals surface area contributed by atoms with E-state index in [4.69, 9.17) is 11.6 Å². The second-order valence-electron chi connectivity index (χ2n) is 3.89. The van der Waals surface area contributed by atoms with Gasteiger partial charge in [-0.15, -0.1) is 0 Å². The predicted molar refractivity (Wildman–Crippen MR) is 72.9 cm³/mol. The molecule has 0 spiro atoms. The van der Waals surface area contributed by atoms with E-state index in [2.05, 4.69) is 22.0 Å². The Kier molecular flexibility index (Phi) is 3.55. The number of hydrogen-bond donors (Lipinski definition) is 0. The van der Waals surface area contributed by atoms with E-state index in [0.717, 1.165) is 16.7 Å². The van der Waals surface area contributed by atoms with Crippen LogP contribution < -0.4 is 0 Å². The van der Waals surface area contributed by atoms with Crippen LogP contribution in [0.2, 0.25) is 5.02 Å². The average Bonchev–Trinajstić information content (AvgIpc) is 2.31. The van der Waals surface area contributed by atoms with E-state index < -0.39 is 5.82 Å². The zero-order valence-electron chi connectivity index (χ0n) is 9.44. The number of halogens is 3. The van der Waals surface area contributed by atoms with Gasteiger partial charge in [-0.25, -0.2) is 4.39 Å². The molecule has 0 unspecified atom stereocenters. The quantitative estimate of drug-likeness (QED) is 0.625. The van der Waals surface area contributed by atoms with Crippen LogP contribution in [0.5, 0.6) is 0 Å². The maximum absolute atomic E-state index is 14.1. The SMILES string of the molecule is Cc1cccc(-c2c[c]c(Br)c(Cl)c2F)c1C. The van der Waals surface area contributed by atoms with E-state index in [1.807, 2.05) is 32.0 Å². The number of rotatable bonds is 1. The highest BCUT2D eigenvalue weighted by atomic mass is 79.9. The molecule has 0 atom stereocenters. The third-order valence-electron chi connectivity index (χ3n) is 2.86. The highest BCUT2D eigenvalue weighted by molar-refractivity contribution is 9.10. The summed E-state index contributed by atoms with van der Waals surface area (Å²) in [6, 6.07) is 10.3. The van der Waals surface area contributed by atoms with Crippen LogP contribution in [0.3, 0.4) is 0 Å². The molecule has 0 saturated carbocycles. The van der Waals surface area contributed by atoms with Crippen LogP contribution in [0.4, 0.5) is 4.39 Å². The molecule has 0 N–H and O–H groups in total. The van der Waals surface area contributed by atoms with E-state index >= 15 is 0 Å². The summed E-state index contributed by atoms with van der Waals surface area (Å²) in [7, 11) is 0. The highest BCUT2D eigenvalue weighted by Gasteiger charge is 2.14. The molecule has 87 valence electrons. The van der Waals surface area contributed by atoms with Crippen molar-refractivity contribution in [1.82, 2.24) is 0 Å². The maximum Gasteiger partial charge on any atom is 0.150 e. The Balaban J connectivity index is 2.69. The minimum absolute atomic E-state index is 0.0726. The van der Waals surface area contributed by atoms with Crippen LogP contribution >= 0.6 is 27.5 Å². The molecule has 0 aliphatic carbocycles. The molecule has 3 heteroatoms. The third-order valence-corrected chi connectivity index (χ3v) is 4.07. The fourth-order valence-electron chi connectivity index (χ4n) is 1.72. The van der Waals surface area contributed by atoms with Crippen LogP contribution in [-0.4, -0.2) is 0 Å². The largest absolute Gasteiger partial charge is 0.205 e. The van der Waals surface area contributed by atoms with Gasteiger partial charge in [-0.2, -0.15) is 0 Å². The fraction of sp³-hybridized carbons (Fsp3) is 0.143. The van der Waals surface area contributed by atoms with Gasteiger partial charge in [-0.05, 0) is 58.6 Å². The molecule has 0 aliphatic heterocycles. The van der Waals surface area contributed by atoms with Crippen LogP contribution in [0.1, 0.15) is 11.1 Å². The first kappa shape index (κ1) is 12.6. The van der Waals surface area contributed by atoms with Crippen molar-refractivity contribution in [3.05, 3.63) is 56.8 Å². The van der Waals surface area contributed by atoms with E-state index in [0.29, 0.717) is 10.0 Å². The van der Waals surface area contributed by atoms with E-state index in [-0.39, 0.29) is 5.02 Å². The molecular formula is C14H10BrClF. The lowest BCUT2D eigenvalue weighted by Crippen LogP contribution is -1.91. The first-order chi connectivity index (χ1) is 8.02. The Morgan fingerprint density at radius 2 is 1.94 bits per heavy atom. The van der Waals surface area contributed by atoms with Crippen LogP contribution in [0.15, 0.2) is 28.7 Å². The Morgan fingerprint density at radius 3 is 2.65 bits per heavy atom. The van der Waals surface area contributed by atoms with Gasteiger partial charge in [0.15, 0.2) is 5.82 Å². The van der Waals surface area contributed by atoms with Gasteiger partial charge < -0.3 is 0 Å². The van der Waals surface area contributed by atoms with Gasteiger partial charge in [-0.3, -0.25) is 0 Å². The summed E-state index contributed by atoms with van der Waals surface area (Å²) in [5.74, 6) is -0.411. The lowest BCUT2D eigenvalue weighted by atomic mass is 9.97. The summed E-state index contributed by atoms with van der Waals surface area (Å²) in [5.41, 5.74) is 3.52. The molecule has 0 aliphatic rings. The van der Waals surface area contributed by atoms with E-state index in [9.17, 15) is 4.39 Å². The van der Waals surface area contributed by atoms with Crippen LogP contribution in [0.25, 0.3) is 11.1 Å². The Bertz CT molecular complexity index is 579. The predicted octanol–water partition coefficient (Wildman–Crippen LogP) is 5.33. The Morgan fingerprint density at radius 1 is 1.24 bits per heavy atom. The lowest BCUT2D eigenvalue weighted by molar-refractivity contribution is 0.630. The van der Waals surface area contributed by atoms with Gasteiger partial charge in [-0.1, -0.05) is 29.8 Å². The summed E-state index contributed by atoms with van der Waals surface area (Å²) in [6.45, 7) is 3.97. The normalized spacial score (nSPS) is 10.6. The zero-order valence-corrected chi connectivity index (χ0v) is 11.8. The molecule has 0 saturated heterocycles. The minimum atomic E-state index is -0.411. The van der Waals surface area contributed by atoms with Crippen molar-refractivity contribution < 1.29 is 4.39 Å². The van der Waals surface area contributed by atoms with Crippen molar-refractivity contribution in [3.63, 3.8) is 0 Å². The molecule has 2 aromatic rings. The molecule has 1 radical (unpaired) electrons. The highest BCUT2D eigenvalue weighted by Crippen LogP contribution is 2.34.